The minimum Gasteiger partial charge on any atom is -0.504 e. The van der Waals surface area contributed by atoms with Crippen LogP contribution >= 0.6 is 0 Å². The number of pyridine rings is 1. The van der Waals surface area contributed by atoms with Crippen molar-refractivity contribution in [2.24, 2.45) is 0 Å². The molecule has 0 saturated carbocycles. The monoisotopic (exact) mass is 278 g/mol. The van der Waals surface area contributed by atoms with E-state index >= 15 is 0 Å². The molecule has 1 amide bonds. The van der Waals surface area contributed by atoms with Crippen LogP contribution in [0.15, 0.2) is 12.3 Å². The molecule has 0 aliphatic heterocycles. The number of aromatic hydroxyl groups is 1. The molecule has 0 fully saturated rings. The summed E-state index contributed by atoms with van der Waals surface area (Å²) in [5.74, 6) is -1.19. The van der Waals surface area contributed by atoms with Crippen molar-refractivity contribution < 1.29 is 27.8 Å². The van der Waals surface area contributed by atoms with Gasteiger partial charge in [0.15, 0.2) is 11.6 Å². The minimum atomic E-state index is -4.62. The zero-order valence-electron chi connectivity index (χ0n) is 10.5. The van der Waals surface area contributed by atoms with Gasteiger partial charge in [-0.05, 0) is 26.8 Å². The van der Waals surface area contributed by atoms with Gasteiger partial charge in [-0.2, -0.15) is 13.2 Å². The summed E-state index contributed by atoms with van der Waals surface area (Å²) in [4.78, 5) is 14.7. The maximum atomic E-state index is 12.3. The van der Waals surface area contributed by atoms with Crippen LogP contribution < -0.4 is 5.32 Å². The highest BCUT2D eigenvalue weighted by Gasteiger charge is 2.32. The van der Waals surface area contributed by atoms with Crippen molar-refractivity contribution in [1.29, 1.82) is 0 Å². The topological polar surface area (TPSA) is 71.5 Å². The van der Waals surface area contributed by atoms with E-state index in [1.165, 1.54) is 0 Å². The van der Waals surface area contributed by atoms with Crippen LogP contribution in [0.3, 0.4) is 0 Å². The molecule has 0 spiro atoms. The van der Waals surface area contributed by atoms with E-state index in [-0.39, 0.29) is 0 Å². The standard InChI is InChI=1S/C11H13F3N2O3/c1-10(2,3)19-9(18)16-8-7(17)4-6(5-15-8)11(12,13)14/h4-5,17H,1-3H3,(H,15,16,18). The molecule has 1 aromatic heterocycles. The number of anilines is 1. The predicted molar refractivity (Wildman–Crippen MR) is 60.8 cm³/mol. The molecule has 8 heteroatoms. The van der Waals surface area contributed by atoms with E-state index in [9.17, 15) is 23.1 Å². The van der Waals surface area contributed by atoms with Crippen molar-refractivity contribution in [2.75, 3.05) is 5.32 Å². The third-order valence-corrected chi connectivity index (χ3v) is 1.81. The van der Waals surface area contributed by atoms with Crippen LogP contribution in [0.25, 0.3) is 0 Å². The Bertz CT molecular complexity index is 481. The van der Waals surface area contributed by atoms with Gasteiger partial charge in [0.2, 0.25) is 0 Å². The van der Waals surface area contributed by atoms with Crippen molar-refractivity contribution >= 4 is 11.9 Å². The first kappa shape index (κ1) is 15.1. The molecule has 1 rings (SSSR count). The first-order chi connectivity index (χ1) is 8.49. The fourth-order valence-electron chi connectivity index (χ4n) is 1.10. The smallest absolute Gasteiger partial charge is 0.418 e. The van der Waals surface area contributed by atoms with Crippen molar-refractivity contribution in [3.05, 3.63) is 17.8 Å². The van der Waals surface area contributed by atoms with E-state index in [0.29, 0.717) is 12.3 Å². The van der Waals surface area contributed by atoms with Crippen molar-refractivity contribution in [2.45, 2.75) is 32.5 Å². The molecule has 2 N–H and O–H groups in total. The highest BCUT2D eigenvalue weighted by molar-refractivity contribution is 5.85. The molecule has 0 aliphatic carbocycles. The zero-order valence-corrected chi connectivity index (χ0v) is 10.5. The maximum Gasteiger partial charge on any atom is 0.418 e. The number of carbonyl (C=O) groups excluding carboxylic acids is 1. The van der Waals surface area contributed by atoms with Crippen molar-refractivity contribution in [1.82, 2.24) is 4.98 Å². The predicted octanol–water partition coefficient (Wildman–Crippen LogP) is 3.15. The number of amides is 1. The Morgan fingerprint density at radius 2 is 1.95 bits per heavy atom. The third-order valence-electron chi connectivity index (χ3n) is 1.81. The lowest BCUT2D eigenvalue weighted by atomic mass is 10.2. The van der Waals surface area contributed by atoms with Crippen LogP contribution in [0.4, 0.5) is 23.8 Å². The van der Waals surface area contributed by atoms with E-state index in [4.69, 9.17) is 4.74 Å². The number of hydrogen-bond donors (Lipinski definition) is 2. The lowest BCUT2D eigenvalue weighted by Crippen LogP contribution is -2.27. The van der Waals surface area contributed by atoms with E-state index in [1.807, 2.05) is 0 Å². The molecule has 0 bridgehead atoms. The first-order valence-corrected chi connectivity index (χ1v) is 5.25. The van der Waals surface area contributed by atoms with Crippen LogP contribution in [0.5, 0.6) is 5.75 Å². The van der Waals surface area contributed by atoms with Gasteiger partial charge in [-0.1, -0.05) is 0 Å². The van der Waals surface area contributed by atoms with Gasteiger partial charge < -0.3 is 9.84 Å². The average Bonchev–Trinajstić information content (AvgIpc) is 2.16. The molecule has 0 radical (unpaired) electrons. The van der Waals surface area contributed by atoms with E-state index in [0.717, 1.165) is 0 Å². The second-order valence-electron chi connectivity index (χ2n) is 4.72. The molecular weight excluding hydrogens is 265 g/mol. The molecule has 0 aromatic carbocycles. The molecule has 5 nitrogen and oxygen atoms in total. The fourth-order valence-corrected chi connectivity index (χ4v) is 1.10. The SMILES string of the molecule is CC(C)(C)OC(=O)Nc1ncc(C(F)(F)F)cc1O. The fraction of sp³-hybridized carbons (Fsp3) is 0.455. The van der Waals surface area contributed by atoms with Gasteiger partial charge in [-0.15, -0.1) is 0 Å². The first-order valence-electron chi connectivity index (χ1n) is 5.25. The van der Waals surface area contributed by atoms with Crippen LogP contribution in [0, 0.1) is 0 Å². The number of ether oxygens (including phenoxy) is 1. The molecule has 19 heavy (non-hydrogen) atoms. The summed E-state index contributed by atoms with van der Waals surface area (Å²) in [7, 11) is 0. The molecule has 1 aromatic rings. The number of aromatic nitrogens is 1. The molecule has 106 valence electrons. The van der Waals surface area contributed by atoms with Gasteiger partial charge in [-0.25, -0.2) is 9.78 Å². The average molecular weight is 278 g/mol. The van der Waals surface area contributed by atoms with Gasteiger partial charge in [0.25, 0.3) is 0 Å². The lowest BCUT2D eigenvalue weighted by molar-refractivity contribution is -0.137. The van der Waals surface area contributed by atoms with Crippen molar-refractivity contribution in [3.63, 3.8) is 0 Å². The largest absolute Gasteiger partial charge is 0.504 e. The Morgan fingerprint density at radius 3 is 2.37 bits per heavy atom. The molecule has 0 atom stereocenters. The van der Waals surface area contributed by atoms with Crippen LogP contribution in [0.1, 0.15) is 26.3 Å². The van der Waals surface area contributed by atoms with E-state index in [2.05, 4.69) is 10.3 Å². The molecule has 0 unspecified atom stereocenters. The Labute approximate surface area is 107 Å². The summed E-state index contributed by atoms with van der Waals surface area (Å²) in [6.45, 7) is 4.85. The third kappa shape index (κ3) is 4.65. The number of alkyl halides is 3. The van der Waals surface area contributed by atoms with E-state index in [1.54, 1.807) is 20.8 Å². The second kappa shape index (κ2) is 4.94. The summed E-state index contributed by atoms with van der Waals surface area (Å²) in [5.41, 5.74) is -1.88. The Morgan fingerprint density at radius 1 is 1.37 bits per heavy atom. The highest BCUT2D eigenvalue weighted by atomic mass is 19.4. The highest BCUT2D eigenvalue weighted by Crippen LogP contribution is 2.33. The van der Waals surface area contributed by atoms with Gasteiger partial charge >= 0.3 is 12.3 Å². The number of nitrogens with zero attached hydrogens (tertiary/aromatic N) is 1. The minimum absolute atomic E-state index is 0.401. The lowest BCUT2D eigenvalue weighted by Gasteiger charge is -2.19. The van der Waals surface area contributed by atoms with Gasteiger partial charge in [0, 0.05) is 6.20 Å². The summed E-state index contributed by atoms with van der Waals surface area (Å²) >= 11 is 0. The number of hydrogen-bond acceptors (Lipinski definition) is 4. The van der Waals surface area contributed by atoms with E-state index < -0.39 is 35.0 Å². The Hall–Kier alpha value is -1.99. The van der Waals surface area contributed by atoms with Crippen LogP contribution in [-0.2, 0) is 10.9 Å². The second-order valence-corrected chi connectivity index (χ2v) is 4.72. The maximum absolute atomic E-state index is 12.3. The summed E-state index contributed by atoms with van der Waals surface area (Å²) in [6.07, 6.45) is -5.03. The Kier molecular flexibility index (Phi) is 3.92. The number of halogens is 3. The summed E-state index contributed by atoms with van der Waals surface area (Å²) in [6, 6.07) is 0.472. The van der Waals surface area contributed by atoms with Crippen LogP contribution in [-0.4, -0.2) is 21.8 Å². The van der Waals surface area contributed by atoms with Gasteiger partial charge in [0.1, 0.15) is 5.60 Å². The molecule has 0 aliphatic rings. The number of nitrogens with one attached hydrogen (secondary N) is 1. The molecule has 1 heterocycles. The zero-order chi connectivity index (χ0) is 14.8. The number of rotatable bonds is 1. The van der Waals surface area contributed by atoms with Gasteiger partial charge in [0.05, 0.1) is 5.56 Å². The van der Waals surface area contributed by atoms with Crippen LogP contribution in [0.2, 0.25) is 0 Å². The molecule has 0 saturated heterocycles. The molecular formula is C11H13F3N2O3. The quantitative estimate of drug-likeness (QED) is 0.827. The summed E-state index contributed by atoms with van der Waals surface area (Å²) < 4.78 is 41.8. The normalized spacial score (nSPS) is 12.1. The summed E-state index contributed by atoms with van der Waals surface area (Å²) in [5, 5.41) is 11.4. The Balaban J connectivity index is 2.84. The van der Waals surface area contributed by atoms with Gasteiger partial charge in [-0.3, -0.25) is 5.32 Å². The van der Waals surface area contributed by atoms with Crippen molar-refractivity contribution in [3.8, 4) is 5.75 Å². The number of carbonyl (C=O) groups is 1.